The molecule has 18 heavy (non-hydrogen) atoms. The maximum Gasteiger partial charge on any atom is 0.0610 e. The number of aliphatic hydroxyl groups is 1. The Morgan fingerprint density at radius 3 is 2.61 bits per heavy atom. The molecule has 0 aliphatic rings. The number of hydrogen-bond acceptors (Lipinski definition) is 3. The Morgan fingerprint density at radius 2 is 2.11 bits per heavy atom. The van der Waals surface area contributed by atoms with Crippen LogP contribution >= 0.6 is 0 Å². The van der Waals surface area contributed by atoms with E-state index in [1.54, 1.807) is 0 Å². The third-order valence-electron chi connectivity index (χ3n) is 3.40. The van der Waals surface area contributed by atoms with Crippen molar-refractivity contribution in [2.24, 2.45) is 0 Å². The van der Waals surface area contributed by atoms with Crippen LogP contribution in [-0.2, 0) is 6.54 Å². The van der Waals surface area contributed by atoms with Gasteiger partial charge >= 0.3 is 0 Å². The molecular formula is C14H27N3O. The second kappa shape index (κ2) is 6.90. The smallest absolute Gasteiger partial charge is 0.0610 e. The van der Waals surface area contributed by atoms with Crippen molar-refractivity contribution in [1.29, 1.82) is 0 Å². The lowest BCUT2D eigenvalue weighted by atomic mass is 9.96. The summed E-state index contributed by atoms with van der Waals surface area (Å²) in [5.41, 5.74) is 2.17. The Morgan fingerprint density at radius 1 is 1.39 bits per heavy atom. The van der Waals surface area contributed by atoms with E-state index < -0.39 is 0 Å². The van der Waals surface area contributed by atoms with Crippen molar-refractivity contribution in [2.45, 2.75) is 59.0 Å². The highest BCUT2D eigenvalue weighted by Gasteiger charge is 2.20. The number of aryl methyl sites for hydroxylation is 3. The first-order valence-electron chi connectivity index (χ1n) is 6.87. The molecule has 4 nitrogen and oxygen atoms in total. The fourth-order valence-electron chi connectivity index (χ4n) is 2.33. The van der Waals surface area contributed by atoms with Crippen LogP contribution in [0.25, 0.3) is 0 Å². The van der Waals surface area contributed by atoms with E-state index in [0.29, 0.717) is 0 Å². The van der Waals surface area contributed by atoms with Gasteiger partial charge in [-0.25, -0.2) is 0 Å². The molecule has 0 spiro atoms. The van der Waals surface area contributed by atoms with Crippen LogP contribution in [0, 0.1) is 13.8 Å². The summed E-state index contributed by atoms with van der Waals surface area (Å²) in [7, 11) is 0. The molecule has 1 aromatic rings. The second-order valence-electron chi connectivity index (χ2n) is 5.36. The fourth-order valence-corrected chi connectivity index (χ4v) is 2.33. The van der Waals surface area contributed by atoms with Gasteiger partial charge in [0.2, 0.25) is 0 Å². The molecule has 1 heterocycles. The lowest BCUT2D eigenvalue weighted by Crippen LogP contribution is -2.45. The maximum atomic E-state index is 9.40. The molecule has 1 aromatic heterocycles. The number of aliphatic hydroxyl groups excluding tert-OH is 1. The molecule has 4 heteroatoms. The van der Waals surface area contributed by atoms with Gasteiger partial charge in [-0.3, -0.25) is 4.68 Å². The van der Waals surface area contributed by atoms with E-state index in [4.69, 9.17) is 0 Å². The predicted molar refractivity (Wildman–Crippen MR) is 74.7 cm³/mol. The summed E-state index contributed by atoms with van der Waals surface area (Å²) in [6.07, 6.45) is 3.20. The van der Waals surface area contributed by atoms with Gasteiger partial charge in [0.15, 0.2) is 0 Å². The molecule has 104 valence electrons. The molecule has 1 rings (SSSR count). The molecule has 0 radical (unpaired) electrons. The Labute approximate surface area is 110 Å². The molecule has 0 saturated heterocycles. The molecule has 0 aliphatic heterocycles. The summed E-state index contributed by atoms with van der Waals surface area (Å²) in [4.78, 5) is 0. The van der Waals surface area contributed by atoms with Crippen molar-refractivity contribution < 1.29 is 5.11 Å². The minimum atomic E-state index is -0.135. The molecule has 0 aliphatic carbocycles. The number of aromatic nitrogens is 2. The van der Waals surface area contributed by atoms with Crippen LogP contribution in [0.3, 0.4) is 0 Å². The quantitative estimate of drug-likeness (QED) is 0.697. The first kappa shape index (κ1) is 15.2. The average Bonchev–Trinajstić information content (AvgIpc) is 2.64. The SMILES string of the molecule is CCNC(C)(CO)CCCCn1nc(C)cc1C. The summed E-state index contributed by atoms with van der Waals surface area (Å²) >= 11 is 0. The van der Waals surface area contributed by atoms with E-state index in [9.17, 15) is 5.11 Å². The fraction of sp³-hybridized carbons (Fsp3) is 0.786. The zero-order valence-electron chi connectivity index (χ0n) is 12.2. The van der Waals surface area contributed by atoms with Crippen molar-refractivity contribution in [1.82, 2.24) is 15.1 Å². The molecule has 2 N–H and O–H groups in total. The van der Waals surface area contributed by atoms with Crippen LogP contribution in [0.2, 0.25) is 0 Å². The van der Waals surface area contributed by atoms with Crippen LogP contribution in [-0.4, -0.2) is 33.6 Å². The van der Waals surface area contributed by atoms with E-state index in [0.717, 1.165) is 38.0 Å². The number of hydrogen-bond donors (Lipinski definition) is 2. The number of rotatable bonds is 8. The van der Waals surface area contributed by atoms with Gasteiger partial charge in [-0.1, -0.05) is 6.92 Å². The van der Waals surface area contributed by atoms with Gasteiger partial charge in [0.1, 0.15) is 0 Å². The number of likely N-dealkylation sites (N-methyl/N-ethyl adjacent to an activating group) is 1. The minimum absolute atomic E-state index is 0.135. The van der Waals surface area contributed by atoms with E-state index >= 15 is 0 Å². The molecule has 1 unspecified atom stereocenters. The first-order chi connectivity index (χ1) is 8.50. The van der Waals surface area contributed by atoms with Gasteiger partial charge in [0.25, 0.3) is 0 Å². The van der Waals surface area contributed by atoms with Crippen molar-refractivity contribution in [3.8, 4) is 0 Å². The van der Waals surface area contributed by atoms with E-state index in [-0.39, 0.29) is 12.1 Å². The van der Waals surface area contributed by atoms with Gasteiger partial charge in [-0.15, -0.1) is 0 Å². The molecule has 1 atom stereocenters. The van der Waals surface area contributed by atoms with Crippen LogP contribution in [0.1, 0.15) is 44.5 Å². The Balaban J connectivity index is 2.32. The monoisotopic (exact) mass is 253 g/mol. The maximum absolute atomic E-state index is 9.40. The Kier molecular flexibility index (Phi) is 5.82. The number of unbranched alkanes of at least 4 members (excludes halogenated alkanes) is 1. The van der Waals surface area contributed by atoms with E-state index in [1.165, 1.54) is 5.69 Å². The Bertz CT molecular complexity index is 362. The van der Waals surface area contributed by atoms with Crippen LogP contribution in [0.5, 0.6) is 0 Å². The molecule has 0 bridgehead atoms. The largest absolute Gasteiger partial charge is 0.394 e. The third kappa shape index (κ3) is 4.42. The summed E-state index contributed by atoms with van der Waals surface area (Å²) in [5.74, 6) is 0. The lowest BCUT2D eigenvalue weighted by Gasteiger charge is -2.28. The number of nitrogens with zero attached hydrogens (tertiary/aromatic N) is 2. The highest BCUT2D eigenvalue weighted by Crippen LogP contribution is 2.14. The molecule has 0 saturated carbocycles. The minimum Gasteiger partial charge on any atom is -0.394 e. The van der Waals surface area contributed by atoms with Crippen LogP contribution in [0.4, 0.5) is 0 Å². The zero-order valence-corrected chi connectivity index (χ0v) is 12.2. The number of nitrogens with one attached hydrogen (secondary N) is 1. The molecule has 0 fully saturated rings. The highest BCUT2D eigenvalue weighted by atomic mass is 16.3. The Hall–Kier alpha value is -0.870. The normalized spacial score (nSPS) is 14.7. The molecule has 0 aromatic carbocycles. The van der Waals surface area contributed by atoms with Crippen LogP contribution < -0.4 is 5.32 Å². The summed E-state index contributed by atoms with van der Waals surface area (Å²) in [5, 5.41) is 17.2. The van der Waals surface area contributed by atoms with Crippen molar-refractivity contribution in [2.75, 3.05) is 13.2 Å². The highest BCUT2D eigenvalue weighted by molar-refractivity contribution is 5.06. The molecular weight excluding hydrogens is 226 g/mol. The first-order valence-corrected chi connectivity index (χ1v) is 6.87. The standard InChI is InChI=1S/C14H27N3O/c1-5-15-14(4,11-18)8-6-7-9-17-13(3)10-12(2)16-17/h10,15,18H,5-9,11H2,1-4H3. The predicted octanol–water partition coefficient (Wildman–Crippen LogP) is 2.03. The molecule has 0 amide bonds. The topological polar surface area (TPSA) is 50.1 Å². The average molecular weight is 253 g/mol. The van der Waals surface area contributed by atoms with Crippen molar-refractivity contribution >= 4 is 0 Å². The van der Waals surface area contributed by atoms with Gasteiger partial charge in [0.05, 0.1) is 12.3 Å². The van der Waals surface area contributed by atoms with Crippen LogP contribution in [0.15, 0.2) is 6.07 Å². The van der Waals surface area contributed by atoms with E-state index in [2.05, 4.69) is 41.9 Å². The lowest BCUT2D eigenvalue weighted by molar-refractivity contribution is 0.164. The summed E-state index contributed by atoms with van der Waals surface area (Å²) in [6, 6.07) is 2.11. The zero-order chi connectivity index (χ0) is 13.6. The van der Waals surface area contributed by atoms with Gasteiger partial charge in [0, 0.05) is 17.8 Å². The summed E-state index contributed by atoms with van der Waals surface area (Å²) in [6.45, 7) is 10.3. The summed E-state index contributed by atoms with van der Waals surface area (Å²) < 4.78 is 2.07. The second-order valence-corrected chi connectivity index (χ2v) is 5.36. The van der Waals surface area contributed by atoms with Gasteiger partial charge in [-0.05, 0) is 52.6 Å². The third-order valence-corrected chi connectivity index (χ3v) is 3.40. The van der Waals surface area contributed by atoms with Gasteiger partial charge < -0.3 is 10.4 Å². The van der Waals surface area contributed by atoms with Crippen molar-refractivity contribution in [3.05, 3.63) is 17.5 Å². The van der Waals surface area contributed by atoms with Crippen molar-refractivity contribution in [3.63, 3.8) is 0 Å². The van der Waals surface area contributed by atoms with Gasteiger partial charge in [-0.2, -0.15) is 5.10 Å². The van der Waals surface area contributed by atoms with E-state index in [1.807, 2.05) is 6.92 Å².